The second-order valence-corrected chi connectivity index (χ2v) is 9.40. The van der Waals surface area contributed by atoms with Gasteiger partial charge in [0.25, 0.3) is 5.91 Å². The molecule has 30 heavy (non-hydrogen) atoms. The number of hydrogen-bond donors (Lipinski definition) is 0. The highest BCUT2D eigenvalue weighted by molar-refractivity contribution is 5.93. The molecule has 2 fully saturated rings. The standard InChI is InChI=1S/C25H38N4O/c1-3-20(4-2)23-17-21(16-19-12-8-9-13-19)26-24-18-22(27-29(23)24)25(30)28-14-10-6-5-7-11-15-28/h17-20H,3-16H2,1-2H3. The van der Waals surface area contributed by atoms with Gasteiger partial charge in [-0.05, 0) is 44.1 Å². The van der Waals surface area contributed by atoms with Gasteiger partial charge in [-0.1, -0.05) is 58.8 Å². The van der Waals surface area contributed by atoms with E-state index in [1.54, 1.807) is 0 Å². The minimum atomic E-state index is 0.0789. The van der Waals surface area contributed by atoms with Crippen molar-refractivity contribution in [2.75, 3.05) is 13.1 Å². The molecule has 164 valence electrons. The van der Waals surface area contributed by atoms with E-state index >= 15 is 0 Å². The number of carbonyl (C=O) groups is 1. The Hall–Kier alpha value is -1.91. The molecular weight excluding hydrogens is 372 g/mol. The van der Waals surface area contributed by atoms with Gasteiger partial charge in [-0.2, -0.15) is 5.10 Å². The molecule has 1 saturated carbocycles. The highest BCUT2D eigenvalue weighted by Crippen LogP contribution is 2.30. The molecule has 5 nitrogen and oxygen atoms in total. The number of amides is 1. The zero-order valence-electron chi connectivity index (χ0n) is 18.9. The number of carbonyl (C=O) groups excluding carboxylic acids is 1. The molecule has 2 aromatic rings. The van der Waals surface area contributed by atoms with E-state index in [0.717, 1.165) is 56.8 Å². The van der Waals surface area contributed by atoms with E-state index in [0.29, 0.717) is 11.6 Å². The fourth-order valence-electron chi connectivity index (χ4n) is 5.38. The van der Waals surface area contributed by atoms with Crippen molar-refractivity contribution in [3.8, 4) is 0 Å². The van der Waals surface area contributed by atoms with Crippen LogP contribution in [0.25, 0.3) is 5.65 Å². The predicted octanol–water partition coefficient (Wildman–Crippen LogP) is 5.77. The number of fused-ring (bicyclic) bond motifs is 1. The summed E-state index contributed by atoms with van der Waals surface area (Å²) in [5.74, 6) is 1.29. The van der Waals surface area contributed by atoms with Crippen molar-refractivity contribution in [2.24, 2.45) is 5.92 Å². The summed E-state index contributed by atoms with van der Waals surface area (Å²) in [6.45, 7) is 6.19. The maximum absolute atomic E-state index is 13.2. The lowest BCUT2D eigenvalue weighted by Crippen LogP contribution is -2.34. The number of likely N-dealkylation sites (tertiary alicyclic amines) is 1. The first kappa shape index (κ1) is 21.3. The second kappa shape index (κ2) is 9.93. The van der Waals surface area contributed by atoms with Crippen molar-refractivity contribution in [1.82, 2.24) is 19.5 Å². The first-order valence-electron chi connectivity index (χ1n) is 12.4. The third-order valence-electron chi connectivity index (χ3n) is 7.25. The lowest BCUT2D eigenvalue weighted by atomic mass is 9.96. The molecule has 1 amide bonds. The SMILES string of the molecule is CCC(CC)c1cc(CC2CCCC2)nc2cc(C(=O)N3CCCCCCC3)nn12. The van der Waals surface area contributed by atoms with Crippen LogP contribution in [0.5, 0.6) is 0 Å². The average Bonchev–Trinajstić information content (AvgIpc) is 3.38. The van der Waals surface area contributed by atoms with Gasteiger partial charge in [0.05, 0.1) is 0 Å². The molecular formula is C25H38N4O. The van der Waals surface area contributed by atoms with Crippen molar-refractivity contribution in [1.29, 1.82) is 0 Å². The van der Waals surface area contributed by atoms with E-state index in [2.05, 4.69) is 19.9 Å². The Morgan fingerprint density at radius 3 is 2.33 bits per heavy atom. The Morgan fingerprint density at radius 2 is 1.67 bits per heavy atom. The summed E-state index contributed by atoms with van der Waals surface area (Å²) in [5.41, 5.74) is 3.82. The van der Waals surface area contributed by atoms with Gasteiger partial charge in [-0.15, -0.1) is 0 Å². The van der Waals surface area contributed by atoms with Crippen LogP contribution in [-0.4, -0.2) is 38.5 Å². The smallest absolute Gasteiger partial charge is 0.274 e. The van der Waals surface area contributed by atoms with Crippen LogP contribution >= 0.6 is 0 Å². The first-order valence-corrected chi connectivity index (χ1v) is 12.4. The van der Waals surface area contributed by atoms with Gasteiger partial charge in [0.15, 0.2) is 11.3 Å². The van der Waals surface area contributed by atoms with Gasteiger partial charge in [-0.3, -0.25) is 4.79 Å². The summed E-state index contributed by atoms with van der Waals surface area (Å²) in [6, 6.07) is 4.21. The molecule has 5 heteroatoms. The van der Waals surface area contributed by atoms with Gasteiger partial charge in [0.2, 0.25) is 0 Å². The average molecular weight is 411 g/mol. The minimum Gasteiger partial charge on any atom is -0.337 e. The van der Waals surface area contributed by atoms with E-state index in [1.807, 2.05) is 15.5 Å². The fourth-order valence-corrected chi connectivity index (χ4v) is 5.38. The third kappa shape index (κ3) is 4.70. The Bertz CT molecular complexity index is 840. The van der Waals surface area contributed by atoms with Gasteiger partial charge in [0.1, 0.15) is 0 Å². The van der Waals surface area contributed by atoms with Gasteiger partial charge < -0.3 is 4.90 Å². The highest BCUT2D eigenvalue weighted by Gasteiger charge is 2.23. The van der Waals surface area contributed by atoms with Crippen LogP contribution in [0.4, 0.5) is 0 Å². The van der Waals surface area contributed by atoms with Crippen LogP contribution in [-0.2, 0) is 6.42 Å². The maximum atomic E-state index is 13.2. The third-order valence-corrected chi connectivity index (χ3v) is 7.25. The number of rotatable bonds is 6. The van der Waals surface area contributed by atoms with E-state index < -0.39 is 0 Å². The van der Waals surface area contributed by atoms with Crippen LogP contribution in [0.1, 0.15) is 112 Å². The van der Waals surface area contributed by atoms with Crippen LogP contribution in [0.3, 0.4) is 0 Å². The Kier molecular flexibility index (Phi) is 7.06. The molecule has 2 aliphatic rings. The summed E-state index contributed by atoms with van der Waals surface area (Å²) in [4.78, 5) is 20.2. The molecule has 2 aromatic heterocycles. The zero-order valence-corrected chi connectivity index (χ0v) is 18.9. The maximum Gasteiger partial charge on any atom is 0.274 e. The molecule has 1 aliphatic heterocycles. The monoisotopic (exact) mass is 410 g/mol. The van der Waals surface area contributed by atoms with Crippen molar-refractivity contribution >= 4 is 11.6 Å². The molecule has 0 spiro atoms. The number of hydrogen-bond acceptors (Lipinski definition) is 3. The summed E-state index contributed by atoms with van der Waals surface area (Å²) in [7, 11) is 0. The van der Waals surface area contributed by atoms with E-state index in [1.165, 1.54) is 56.3 Å². The van der Waals surface area contributed by atoms with Crippen LogP contribution in [0.2, 0.25) is 0 Å². The molecule has 0 N–H and O–H groups in total. The lowest BCUT2D eigenvalue weighted by Gasteiger charge is -2.23. The normalized spacial score (nSPS) is 18.8. The molecule has 1 saturated heterocycles. The van der Waals surface area contributed by atoms with Crippen LogP contribution in [0, 0.1) is 5.92 Å². The molecule has 0 radical (unpaired) electrons. The van der Waals surface area contributed by atoms with Crippen molar-refractivity contribution in [3.63, 3.8) is 0 Å². The molecule has 0 atom stereocenters. The second-order valence-electron chi connectivity index (χ2n) is 9.40. The Labute approximate surface area is 181 Å². The van der Waals surface area contributed by atoms with Crippen molar-refractivity contribution in [3.05, 3.63) is 29.2 Å². The Morgan fingerprint density at radius 1 is 1.00 bits per heavy atom. The van der Waals surface area contributed by atoms with Gasteiger partial charge in [0, 0.05) is 36.5 Å². The number of aromatic nitrogens is 3. The topological polar surface area (TPSA) is 50.5 Å². The number of nitrogens with zero attached hydrogens (tertiary/aromatic N) is 4. The summed E-state index contributed by atoms with van der Waals surface area (Å²) in [6.07, 6.45) is 14.5. The molecule has 1 aliphatic carbocycles. The first-order chi connectivity index (χ1) is 14.7. The van der Waals surface area contributed by atoms with Gasteiger partial charge >= 0.3 is 0 Å². The lowest BCUT2D eigenvalue weighted by molar-refractivity contribution is 0.0736. The van der Waals surface area contributed by atoms with Crippen LogP contribution < -0.4 is 0 Å². The molecule has 3 heterocycles. The molecule has 0 unspecified atom stereocenters. The fraction of sp³-hybridized carbons (Fsp3) is 0.720. The zero-order chi connectivity index (χ0) is 20.9. The Balaban J connectivity index is 1.66. The van der Waals surface area contributed by atoms with E-state index in [-0.39, 0.29) is 5.91 Å². The van der Waals surface area contributed by atoms with E-state index in [4.69, 9.17) is 10.1 Å². The molecule has 0 bridgehead atoms. The van der Waals surface area contributed by atoms with Gasteiger partial charge in [-0.25, -0.2) is 9.50 Å². The molecule has 0 aromatic carbocycles. The predicted molar refractivity (Wildman–Crippen MR) is 121 cm³/mol. The summed E-state index contributed by atoms with van der Waals surface area (Å²) in [5, 5.41) is 4.79. The summed E-state index contributed by atoms with van der Waals surface area (Å²) < 4.78 is 1.97. The van der Waals surface area contributed by atoms with E-state index in [9.17, 15) is 4.79 Å². The minimum absolute atomic E-state index is 0.0789. The summed E-state index contributed by atoms with van der Waals surface area (Å²) >= 11 is 0. The van der Waals surface area contributed by atoms with Crippen LogP contribution in [0.15, 0.2) is 12.1 Å². The molecule has 4 rings (SSSR count). The van der Waals surface area contributed by atoms with Crippen molar-refractivity contribution < 1.29 is 4.79 Å². The highest BCUT2D eigenvalue weighted by atomic mass is 16.2. The quantitative estimate of drug-likeness (QED) is 0.607. The van der Waals surface area contributed by atoms with Crippen molar-refractivity contribution in [2.45, 2.75) is 96.8 Å². The largest absolute Gasteiger partial charge is 0.337 e.